The topological polar surface area (TPSA) is 78.1 Å². The Balaban J connectivity index is 1.66. The van der Waals surface area contributed by atoms with Gasteiger partial charge in [0.05, 0.1) is 0 Å². The highest BCUT2D eigenvalue weighted by atomic mass is 16.5. The van der Waals surface area contributed by atoms with Gasteiger partial charge in [-0.15, -0.1) is 15.3 Å². The van der Waals surface area contributed by atoms with Crippen molar-refractivity contribution in [1.29, 1.82) is 0 Å². The van der Waals surface area contributed by atoms with Gasteiger partial charge < -0.3 is 4.74 Å². The quantitative estimate of drug-likeness (QED) is 0.493. The average Bonchev–Trinajstić information content (AvgIpc) is 3.17. The molecular formula is C20H14N6O. The zero-order valence-corrected chi connectivity index (χ0v) is 14.2. The van der Waals surface area contributed by atoms with Crippen LogP contribution in [0.25, 0.3) is 27.8 Å². The summed E-state index contributed by atoms with van der Waals surface area (Å²) in [5.41, 5.74) is 2.36. The maximum atomic E-state index is 5.98. The first-order valence-electron chi connectivity index (χ1n) is 8.49. The first-order chi connectivity index (χ1) is 13.4. The van der Waals surface area contributed by atoms with E-state index in [9.17, 15) is 0 Å². The van der Waals surface area contributed by atoms with E-state index in [2.05, 4.69) is 25.5 Å². The number of benzene rings is 2. The summed E-state index contributed by atoms with van der Waals surface area (Å²) < 4.78 is 7.71. The first kappa shape index (κ1) is 15.4. The Bertz CT molecular complexity index is 1220. The van der Waals surface area contributed by atoms with E-state index >= 15 is 0 Å². The van der Waals surface area contributed by atoms with E-state index in [0.717, 1.165) is 22.0 Å². The second-order valence-electron chi connectivity index (χ2n) is 5.98. The van der Waals surface area contributed by atoms with Crippen LogP contribution in [-0.4, -0.2) is 30.0 Å². The molecule has 0 amide bonds. The van der Waals surface area contributed by atoms with Crippen molar-refractivity contribution in [2.75, 3.05) is 0 Å². The molecule has 2 aromatic carbocycles. The SMILES string of the molecule is c1ccc(-c2nnc3c4ccccc4c(OCc4cccnn4)nn23)cc1. The van der Waals surface area contributed by atoms with Crippen LogP contribution in [-0.2, 0) is 6.61 Å². The molecule has 0 aliphatic heterocycles. The number of rotatable bonds is 4. The van der Waals surface area contributed by atoms with Gasteiger partial charge >= 0.3 is 0 Å². The summed E-state index contributed by atoms with van der Waals surface area (Å²) in [7, 11) is 0. The molecule has 0 bridgehead atoms. The van der Waals surface area contributed by atoms with Gasteiger partial charge in [-0.3, -0.25) is 0 Å². The molecule has 0 unspecified atom stereocenters. The molecule has 5 rings (SSSR count). The number of fused-ring (bicyclic) bond motifs is 3. The van der Waals surface area contributed by atoms with Crippen LogP contribution in [0.5, 0.6) is 5.88 Å². The van der Waals surface area contributed by atoms with Crippen molar-refractivity contribution in [2.45, 2.75) is 6.61 Å². The molecule has 0 saturated carbocycles. The third kappa shape index (κ3) is 2.75. The fourth-order valence-electron chi connectivity index (χ4n) is 2.98. The zero-order valence-electron chi connectivity index (χ0n) is 14.2. The van der Waals surface area contributed by atoms with Gasteiger partial charge in [-0.05, 0) is 18.2 Å². The molecule has 0 aliphatic carbocycles. The third-order valence-electron chi connectivity index (χ3n) is 4.25. The summed E-state index contributed by atoms with van der Waals surface area (Å²) in [5, 5.41) is 23.1. The van der Waals surface area contributed by atoms with Gasteiger partial charge in [0.1, 0.15) is 12.3 Å². The van der Waals surface area contributed by atoms with Crippen LogP contribution >= 0.6 is 0 Å². The lowest BCUT2D eigenvalue weighted by Crippen LogP contribution is -2.04. The van der Waals surface area contributed by atoms with Gasteiger partial charge in [-0.25, -0.2) is 0 Å². The minimum atomic E-state index is 0.277. The smallest absolute Gasteiger partial charge is 0.240 e. The molecule has 0 radical (unpaired) electrons. The molecule has 5 aromatic rings. The van der Waals surface area contributed by atoms with Gasteiger partial charge in [0.25, 0.3) is 0 Å². The Morgan fingerprint density at radius 2 is 1.59 bits per heavy atom. The Morgan fingerprint density at radius 1 is 0.778 bits per heavy atom. The molecule has 0 atom stereocenters. The second-order valence-corrected chi connectivity index (χ2v) is 5.98. The van der Waals surface area contributed by atoms with Gasteiger partial charge in [0, 0.05) is 22.5 Å². The van der Waals surface area contributed by atoms with E-state index in [1.165, 1.54) is 0 Å². The molecule has 0 fully saturated rings. The maximum absolute atomic E-state index is 5.98. The molecule has 0 aliphatic rings. The van der Waals surface area contributed by atoms with E-state index in [0.29, 0.717) is 17.4 Å². The van der Waals surface area contributed by atoms with E-state index in [4.69, 9.17) is 4.74 Å². The highest BCUT2D eigenvalue weighted by molar-refractivity contribution is 5.97. The lowest BCUT2D eigenvalue weighted by atomic mass is 10.2. The largest absolute Gasteiger partial charge is 0.470 e. The molecule has 7 nitrogen and oxygen atoms in total. The minimum absolute atomic E-state index is 0.277. The molecule has 27 heavy (non-hydrogen) atoms. The Hall–Kier alpha value is -3.87. The van der Waals surface area contributed by atoms with E-state index in [-0.39, 0.29) is 6.61 Å². The van der Waals surface area contributed by atoms with Crippen molar-refractivity contribution < 1.29 is 4.74 Å². The van der Waals surface area contributed by atoms with Crippen molar-refractivity contribution in [3.05, 3.63) is 78.6 Å². The monoisotopic (exact) mass is 354 g/mol. The normalized spacial score (nSPS) is 11.1. The van der Waals surface area contributed by atoms with Gasteiger partial charge in [0.15, 0.2) is 11.5 Å². The predicted octanol–water partition coefficient (Wildman–Crippen LogP) is 3.31. The van der Waals surface area contributed by atoms with Crippen LogP contribution in [0.3, 0.4) is 0 Å². The predicted molar refractivity (Wildman–Crippen MR) is 100 cm³/mol. The van der Waals surface area contributed by atoms with Crippen LogP contribution < -0.4 is 4.74 Å². The summed E-state index contributed by atoms with van der Waals surface area (Å²) in [6.07, 6.45) is 1.63. The summed E-state index contributed by atoms with van der Waals surface area (Å²) in [5.74, 6) is 1.17. The van der Waals surface area contributed by atoms with Gasteiger partial charge in [-0.2, -0.15) is 14.7 Å². The van der Waals surface area contributed by atoms with Crippen molar-refractivity contribution in [3.8, 4) is 17.3 Å². The van der Waals surface area contributed by atoms with Gasteiger partial charge in [-0.1, -0.05) is 48.5 Å². The molecule has 3 heterocycles. The summed E-state index contributed by atoms with van der Waals surface area (Å²) in [6, 6.07) is 21.4. The number of aromatic nitrogens is 6. The molecule has 0 saturated heterocycles. The van der Waals surface area contributed by atoms with Crippen molar-refractivity contribution in [3.63, 3.8) is 0 Å². The summed E-state index contributed by atoms with van der Waals surface area (Å²) in [6.45, 7) is 0.277. The molecule has 0 N–H and O–H groups in total. The van der Waals surface area contributed by atoms with Crippen LogP contribution in [0.2, 0.25) is 0 Å². The van der Waals surface area contributed by atoms with Crippen LogP contribution in [0, 0.1) is 0 Å². The number of hydrogen-bond donors (Lipinski definition) is 0. The lowest BCUT2D eigenvalue weighted by Gasteiger charge is -2.09. The molecule has 0 spiro atoms. The summed E-state index contributed by atoms with van der Waals surface area (Å²) >= 11 is 0. The van der Waals surface area contributed by atoms with Crippen molar-refractivity contribution >= 4 is 16.4 Å². The Kier molecular flexibility index (Phi) is 3.68. The third-order valence-corrected chi connectivity index (χ3v) is 4.25. The highest BCUT2D eigenvalue weighted by Crippen LogP contribution is 2.29. The summed E-state index contributed by atoms with van der Waals surface area (Å²) in [4.78, 5) is 0. The first-order valence-corrected chi connectivity index (χ1v) is 8.49. The van der Waals surface area contributed by atoms with Crippen LogP contribution in [0.1, 0.15) is 5.69 Å². The molecule has 130 valence electrons. The second kappa shape index (κ2) is 6.45. The number of hydrogen-bond acceptors (Lipinski definition) is 6. The molecule has 3 aromatic heterocycles. The minimum Gasteiger partial charge on any atom is -0.470 e. The van der Waals surface area contributed by atoms with Crippen LogP contribution in [0.15, 0.2) is 72.9 Å². The maximum Gasteiger partial charge on any atom is 0.240 e. The number of nitrogens with zero attached hydrogens (tertiary/aromatic N) is 6. The highest BCUT2D eigenvalue weighted by Gasteiger charge is 2.16. The molecular weight excluding hydrogens is 340 g/mol. The van der Waals surface area contributed by atoms with Crippen LogP contribution in [0.4, 0.5) is 0 Å². The Labute approximate surface area is 154 Å². The van der Waals surface area contributed by atoms with E-state index in [1.54, 1.807) is 10.7 Å². The fourth-order valence-corrected chi connectivity index (χ4v) is 2.98. The van der Waals surface area contributed by atoms with Gasteiger partial charge in [0.2, 0.25) is 5.88 Å². The number of ether oxygens (including phenoxy) is 1. The molecule has 7 heteroatoms. The van der Waals surface area contributed by atoms with Crippen molar-refractivity contribution in [1.82, 2.24) is 30.0 Å². The van der Waals surface area contributed by atoms with E-state index in [1.807, 2.05) is 66.7 Å². The standard InChI is InChI=1S/C20H14N6O/c1-2-7-14(8-3-1)18-23-24-19-16-10-4-5-11-17(16)20(25-26(18)19)27-13-15-9-6-12-21-22-15/h1-12H,13H2. The lowest BCUT2D eigenvalue weighted by molar-refractivity contribution is 0.287. The zero-order chi connectivity index (χ0) is 18.1. The van der Waals surface area contributed by atoms with E-state index < -0.39 is 0 Å². The fraction of sp³-hybridized carbons (Fsp3) is 0.0500. The Morgan fingerprint density at radius 3 is 2.41 bits per heavy atom. The van der Waals surface area contributed by atoms with Crippen molar-refractivity contribution in [2.24, 2.45) is 0 Å². The average molecular weight is 354 g/mol.